The number of hydrogen-bond donors (Lipinski definition) is 0. The summed E-state index contributed by atoms with van der Waals surface area (Å²) in [5.74, 6) is 0.721. The van der Waals surface area contributed by atoms with E-state index in [2.05, 4.69) is 31.2 Å². The van der Waals surface area contributed by atoms with Gasteiger partial charge in [0.05, 0.1) is 11.5 Å². The standard InChI is InChI=1S/C17H21N/c1-13-7-8-17(10-13,12-18)11-14-5-6-15-3-2-4-16(15)9-14/h5-6,9,13H,2-4,7-8,10-11H2,1H3. The number of nitriles is 1. The average Bonchev–Trinajstić information content (AvgIpc) is 2.96. The van der Waals surface area contributed by atoms with Crippen LogP contribution in [0.5, 0.6) is 0 Å². The van der Waals surface area contributed by atoms with E-state index in [1.165, 1.54) is 42.4 Å². The Labute approximate surface area is 110 Å². The molecule has 0 N–H and O–H groups in total. The lowest BCUT2D eigenvalue weighted by molar-refractivity contribution is 0.391. The zero-order valence-electron chi connectivity index (χ0n) is 11.2. The summed E-state index contributed by atoms with van der Waals surface area (Å²) in [6, 6.07) is 9.54. The number of nitrogens with zero attached hydrogens (tertiary/aromatic N) is 1. The van der Waals surface area contributed by atoms with E-state index in [1.54, 1.807) is 0 Å². The first kappa shape index (κ1) is 11.8. The van der Waals surface area contributed by atoms with Crippen molar-refractivity contribution in [2.24, 2.45) is 11.3 Å². The summed E-state index contributed by atoms with van der Waals surface area (Å²) < 4.78 is 0. The lowest BCUT2D eigenvalue weighted by Crippen LogP contribution is -2.17. The van der Waals surface area contributed by atoms with Crippen molar-refractivity contribution in [3.8, 4) is 6.07 Å². The zero-order valence-corrected chi connectivity index (χ0v) is 11.2. The number of hydrogen-bond acceptors (Lipinski definition) is 1. The highest BCUT2D eigenvalue weighted by atomic mass is 14.4. The van der Waals surface area contributed by atoms with Crippen LogP contribution in [0.15, 0.2) is 18.2 Å². The molecule has 1 aromatic rings. The second-order valence-electron chi connectivity index (χ2n) is 6.37. The van der Waals surface area contributed by atoms with Crippen LogP contribution in [-0.2, 0) is 19.3 Å². The molecule has 1 saturated carbocycles. The molecular weight excluding hydrogens is 218 g/mol. The highest BCUT2D eigenvalue weighted by Gasteiger charge is 2.37. The topological polar surface area (TPSA) is 23.8 Å². The van der Waals surface area contributed by atoms with Gasteiger partial charge >= 0.3 is 0 Å². The van der Waals surface area contributed by atoms with Gasteiger partial charge in [0.15, 0.2) is 0 Å². The van der Waals surface area contributed by atoms with Gasteiger partial charge in [-0.05, 0) is 67.6 Å². The Balaban J connectivity index is 1.82. The van der Waals surface area contributed by atoms with Gasteiger partial charge in [0.25, 0.3) is 0 Å². The fourth-order valence-electron chi connectivity index (χ4n) is 3.82. The predicted molar refractivity (Wildman–Crippen MR) is 73.2 cm³/mol. The molecule has 0 heterocycles. The van der Waals surface area contributed by atoms with Crippen molar-refractivity contribution < 1.29 is 0 Å². The molecule has 2 atom stereocenters. The highest BCUT2D eigenvalue weighted by molar-refractivity contribution is 5.36. The molecule has 1 heteroatoms. The minimum Gasteiger partial charge on any atom is -0.198 e. The van der Waals surface area contributed by atoms with E-state index < -0.39 is 0 Å². The van der Waals surface area contributed by atoms with Gasteiger partial charge in [-0.2, -0.15) is 5.26 Å². The number of aryl methyl sites for hydroxylation is 2. The smallest absolute Gasteiger partial charge is 0.0693 e. The number of fused-ring (bicyclic) bond motifs is 1. The van der Waals surface area contributed by atoms with Gasteiger partial charge in [0.1, 0.15) is 0 Å². The Bertz CT molecular complexity index is 497. The Morgan fingerprint density at radius 3 is 2.89 bits per heavy atom. The average molecular weight is 239 g/mol. The first-order chi connectivity index (χ1) is 8.71. The van der Waals surface area contributed by atoms with Gasteiger partial charge in [0.2, 0.25) is 0 Å². The molecular formula is C17H21N. The third kappa shape index (κ3) is 2.05. The summed E-state index contributed by atoms with van der Waals surface area (Å²) in [5, 5.41) is 9.54. The van der Waals surface area contributed by atoms with Crippen LogP contribution in [0, 0.1) is 22.7 Å². The van der Waals surface area contributed by atoms with Crippen molar-refractivity contribution in [1.29, 1.82) is 5.26 Å². The van der Waals surface area contributed by atoms with Crippen molar-refractivity contribution in [2.45, 2.75) is 51.9 Å². The van der Waals surface area contributed by atoms with E-state index in [9.17, 15) is 5.26 Å². The Kier molecular flexibility index (Phi) is 2.90. The molecule has 0 radical (unpaired) electrons. The van der Waals surface area contributed by atoms with E-state index >= 15 is 0 Å². The molecule has 3 rings (SSSR count). The SMILES string of the molecule is CC1CCC(C#N)(Cc2ccc3c(c2)CCC3)C1. The Morgan fingerprint density at radius 1 is 1.33 bits per heavy atom. The Hall–Kier alpha value is -1.29. The van der Waals surface area contributed by atoms with Crippen LogP contribution in [0.4, 0.5) is 0 Å². The van der Waals surface area contributed by atoms with Crippen molar-refractivity contribution in [3.63, 3.8) is 0 Å². The minimum absolute atomic E-state index is 0.0771. The maximum Gasteiger partial charge on any atom is 0.0693 e. The van der Waals surface area contributed by atoms with E-state index in [-0.39, 0.29) is 5.41 Å². The molecule has 2 aliphatic carbocycles. The Morgan fingerprint density at radius 2 is 2.17 bits per heavy atom. The molecule has 0 aliphatic heterocycles. The largest absolute Gasteiger partial charge is 0.198 e. The van der Waals surface area contributed by atoms with Crippen molar-refractivity contribution in [2.75, 3.05) is 0 Å². The quantitative estimate of drug-likeness (QED) is 0.764. The van der Waals surface area contributed by atoms with Crippen LogP contribution in [0.2, 0.25) is 0 Å². The normalized spacial score (nSPS) is 30.1. The molecule has 0 amide bonds. The molecule has 0 aromatic heterocycles. The molecule has 94 valence electrons. The second-order valence-corrected chi connectivity index (χ2v) is 6.37. The molecule has 0 saturated heterocycles. The van der Waals surface area contributed by atoms with Gasteiger partial charge in [0, 0.05) is 0 Å². The summed E-state index contributed by atoms with van der Waals surface area (Å²) in [5.41, 5.74) is 4.37. The van der Waals surface area contributed by atoms with Crippen LogP contribution in [-0.4, -0.2) is 0 Å². The molecule has 0 spiro atoms. The molecule has 0 bridgehead atoms. The van der Waals surface area contributed by atoms with Crippen LogP contribution in [0.3, 0.4) is 0 Å². The maximum absolute atomic E-state index is 9.54. The van der Waals surface area contributed by atoms with Crippen molar-refractivity contribution in [1.82, 2.24) is 0 Å². The van der Waals surface area contributed by atoms with Gasteiger partial charge in [-0.1, -0.05) is 25.1 Å². The molecule has 1 nitrogen and oxygen atoms in total. The van der Waals surface area contributed by atoms with Crippen LogP contribution < -0.4 is 0 Å². The van der Waals surface area contributed by atoms with Gasteiger partial charge in [-0.25, -0.2) is 0 Å². The van der Waals surface area contributed by atoms with E-state index in [0.29, 0.717) is 0 Å². The number of rotatable bonds is 2. The van der Waals surface area contributed by atoms with Gasteiger partial charge in [-0.3, -0.25) is 0 Å². The molecule has 18 heavy (non-hydrogen) atoms. The molecule has 2 aliphatic rings. The van der Waals surface area contributed by atoms with E-state index in [4.69, 9.17) is 0 Å². The van der Waals surface area contributed by atoms with Gasteiger partial charge in [-0.15, -0.1) is 0 Å². The second kappa shape index (κ2) is 4.43. The lowest BCUT2D eigenvalue weighted by Gasteiger charge is -2.21. The van der Waals surface area contributed by atoms with E-state index in [0.717, 1.165) is 25.2 Å². The predicted octanol–water partition coefficient (Wildman–Crippen LogP) is 4.05. The lowest BCUT2D eigenvalue weighted by atomic mass is 9.80. The maximum atomic E-state index is 9.54. The molecule has 2 unspecified atom stereocenters. The molecule has 1 fully saturated rings. The van der Waals surface area contributed by atoms with Crippen molar-refractivity contribution >= 4 is 0 Å². The monoisotopic (exact) mass is 239 g/mol. The summed E-state index contributed by atoms with van der Waals surface area (Å²) in [7, 11) is 0. The third-order valence-corrected chi connectivity index (χ3v) is 4.80. The summed E-state index contributed by atoms with van der Waals surface area (Å²) in [6.45, 7) is 2.28. The summed E-state index contributed by atoms with van der Waals surface area (Å²) in [6.07, 6.45) is 8.14. The summed E-state index contributed by atoms with van der Waals surface area (Å²) >= 11 is 0. The van der Waals surface area contributed by atoms with Crippen LogP contribution in [0.1, 0.15) is 49.3 Å². The van der Waals surface area contributed by atoms with Crippen LogP contribution >= 0.6 is 0 Å². The molecule has 1 aromatic carbocycles. The number of benzene rings is 1. The van der Waals surface area contributed by atoms with Crippen molar-refractivity contribution in [3.05, 3.63) is 34.9 Å². The van der Waals surface area contributed by atoms with Crippen LogP contribution in [0.25, 0.3) is 0 Å². The highest BCUT2D eigenvalue weighted by Crippen LogP contribution is 2.43. The van der Waals surface area contributed by atoms with Gasteiger partial charge < -0.3 is 0 Å². The minimum atomic E-state index is -0.0771. The fourth-order valence-corrected chi connectivity index (χ4v) is 3.82. The fraction of sp³-hybridized carbons (Fsp3) is 0.588. The first-order valence-electron chi connectivity index (χ1n) is 7.23. The van der Waals surface area contributed by atoms with E-state index in [1.807, 2.05) is 0 Å². The third-order valence-electron chi connectivity index (χ3n) is 4.80. The zero-order chi connectivity index (χ0) is 12.6. The first-order valence-corrected chi connectivity index (χ1v) is 7.23. The summed E-state index contributed by atoms with van der Waals surface area (Å²) in [4.78, 5) is 0.